The quantitative estimate of drug-likeness (QED) is 0.399. The van der Waals surface area contributed by atoms with Crippen molar-refractivity contribution in [1.82, 2.24) is 11.0 Å². The average molecular weight is 99.1 g/mol. The van der Waals surface area contributed by atoms with E-state index in [0.717, 1.165) is 6.29 Å². The molecular formula is C3H5N3O. The van der Waals surface area contributed by atoms with Gasteiger partial charge >= 0.3 is 0 Å². The second-order valence-electron chi connectivity index (χ2n) is 1.20. The lowest BCUT2D eigenvalue weighted by atomic mass is 10.4. The Balaban J connectivity index is 2.42. The van der Waals surface area contributed by atoms with Gasteiger partial charge in [0.25, 0.3) is 0 Å². The number of hydrogen-bond donors (Lipinski definition) is 2. The summed E-state index contributed by atoms with van der Waals surface area (Å²) in [6.45, 7) is 0. The number of nitrogens with zero attached hydrogens (tertiary/aromatic N) is 1. The molecule has 0 amide bonds. The van der Waals surface area contributed by atoms with Gasteiger partial charge in [0, 0.05) is 0 Å². The second kappa shape index (κ2) is 1.70. The molecular weight excluding hydrogens is 94.1 g/mol. The third-order valence-corrected chi connectivity index (χ3v) is 0.678. The van der Waals surface area contributed by atoms with E-state index in [0.29, 0.717) is 0 Å². The fraction of sp³-hybridized carbons (Fsp3) is 0.333. The lowest BCUT2D eigenvalue weighted by molar-refractivity contribution is -0.108. The van der Waals surface area contributed by atoms with Crippen LogP contribution in [0.1, 0.15) is 0 Å². The molecule has 1 unspecified atom stereocenters. The first-order valence-electron chi connectivity index (χ1n) is 1.92. The first-order chi connectivity index (χ1) is 3.43. The Hall–Kier alpha value is -0.900. The van der Waals surface area contributed by atoms with Gasteiger partial charge in [-0.15, -0.1) is 0 Å². The van der Waals surface area contributed by atoms with Gasteiger partial charge in [-0.2, -0.15) is 5.10 Å². The maximum atomic E-state index is 9.81. The summed E-state index contributed by atoms with van der Waals surface area (Å²) in [6.07, 6.45) is 2.26. The average Bonchev–Trinajstić information content (AvgIpc) is 2.14. The zero-order valence-corrected chi connectivity index (χ0v) is 3.59. The molecule has 0 radical (unpaired) electrons. The Morgan fingerprint density at radius 2 is 2.71 bits per heavy atom. The lowest BCUT2D eigenvalue weighted by Gasteiger charge is -1.91. The molecule has 0 saturated heterocycles. The van der Waals surface area contributed by atoms with Crippen molar-refractivity contribution < 1.29 is 4.79 Å². The molecule has 0 spiro atoms. The smallest absolute Gasteiger partial charge is 0.144 e. The van der Waals surface area contributed by atoms with E-state index in [-0.39, 0.29) is 6.04 Å². The van der Waals surface area contributed by atoms with Crippen molar-refractivity contribution in [2.75, 3.05) is 0 Å². The number of carbonyl (C=O) groups excluding carboxylic acids is 1. The molecule has 0 saturated carbocycles. The predicted octanol–water partition coefficient (Wildman–Crippen LogP) is -1.35. The van der Waals surface area contributed by atoms with Gasteiger partial charge in [-0.05, 0) is 0 Å². The Labute approximate surface area is 40.6 Å². The van der Waals surface area contributed by atoms with E-state index < -0.39 is 0 Å². The Bertz CT molecular complexity index is 100. The van der Waals surface area contributed by atoms with Crippen LogP contribution in [0.2, 0.25) is 0 Å². The predicted molar refractivity (Wildman–Crippen MR) is 24.6 cm³/mol. The minimum Gasteiger partial charge on any atom is -0.301 e. The SMILES string of the molecule is O=CC1C=NNN1. The minimum absolute atomic E-state index is 0.236. The van der Waals surface area contributed by atoms with Crippen molar-refractivity contribution in [3.05, 3.63) is 0 Å². The molecule has 38 valence electrons. The van der Waals surface area contributed by atoms with Crippen molar-refractivity contribution in [3.63, 3.8) is 0 Å². The zero-order chi connectivity index (χ0) is 5.11. The summed E-state index contributed by atoms with van der Waals surface area (Å²) >= 11 is 0. The van der Waals surface area contributed by atoms with Crippen molar-refractivity contribution in [1.29, 1.82) is 0 Å². The van der Waals surface area contributed by atoms with Crippen molar-refractivity contribution in [2.24, 2.45) is 5.10 Å². The highest BCUT2D eigenvalue weighted by atomic mass is 16.1. The summed E-state index contributed by atoms with van der Waals surface area (Å²) in [7, 11) is 0. The van der Waals surface area contributed by atoms with Gasteiger partial charge in [0.05, 0.1) is 6.21 Å². The number of nitrogens with one attached hydrogen (secondary N) is 2. The van der Waals surface area contributed by atoms with Crippen LogP contribution in [0.5, 0.6) is 0 Å². The highest BCUT2D eigenvalue weighted by molar-refractivity contribution is 5.85. The second-order valence-corrected chi connectivity index (χ2v) is 1.20. The van der Waals surface area contributed by atoms with Crippen LogP contribution < -0.4 is 11.0 Å². The lowest BCUT2D eigenvalue weighted by Crippen LogP contribution is -2.32. The van der Waals surface area contributed by atoms with Crippen LogP contribution in [0, 0.1) is 0 Å². The van der Waals surface area contributed by atoms with Gasteiger partial charge in [-0.3, -0.25) is 0 Å². The number of hydrogen-bond acceptors (Lipinski definition) is 4. The van der Waals surface area contributed by atoms with Crippen molar-refractivity contribution in [3.8, 4) is 0 Å². The summed E-state index contributed by atoms with van der Waals surface area (Å²) in [5.74, 6) is 0. The maximum absolute atomic E-state index is 9.81. The summed E-state index contributed by atoms with van der Waals surface area (Å²) in [5, 5.41) is 3.52. The maximum Gasteiger partial charge on any atom is 0.144 e. The van der Waals surface area contributed by atoms with Crippen molar-refractivity contribution >= 4 is 12.5 Å². The first kappa shape index (κ1) is 4.26. The van der Waals surface area contributed by atoms with Gasteiger partial charge in [0.15, 0.2) is 0 Å². The summed E-state index contributed by atoms with van der Waals surface area (Å²) in [4.78, 5) is 9.81. The molecule has 1 rings (SSSR count). The molecule has 0 bridgehead atoms. The molecule has 1 aliphatic heterocycles. The Morgan fingerprint density at radius 1 is 1.86 bits per heavy atom. The van der Waals surface area contributed by atoms with Gasteiger partial charge in [-0.25, -0.2) is 11.0 Å². The number of carbonyl (C=O) groups is 1. The van der Waals surface area contributed by atoms with Crippen molar-refractivity contribution in [2.45, 2.75) is 6.04 Å². The van der Waals surface area contributed by atoms with Gasteiger partial charge in [0.2, 0.25) is 0 Å². The molecule has 7 heavy (non-hydrogen) atoms. The molecule has 1 aliphatic rings. The standard InChI is InChI=1S/C3H5N3O/c7-2-3-1-4-6-5-3/h1-3,5-6H. The highest BCUT2D eigenvalue weighted by Crippen LogP contribution is 1.74. The van der Waals surface area contributed by atoms with E-state index in [1.807, 2.05) is 0 Å². The Morgan fingerprint density at radius 3 is 3.00 bits per heavy atom. The summed E-state index contributed by atoms with van der Waals surface area (Å²) in [5.41, 5.74) is 4.98. The molecule has 0 fully saturated rings. The van der Waals surface area contributed by atoms with Crippen LogP contribution in [0.15, 0.2) is 5.10 Å². The summed E-state index contributed by atoms with van der Waals surface area (Å²) < 4.78 is 0. The molecule has 1 atom stereocenters. The monoisotopic (exact) mass is 99.0 g/mol. The van der Waals surface area contributed by atoms with E-state index in [1.54, 1.807) is 0 Å². The van der Waals surface area contributed by atoms with Gasteiger partial charge in [0.1, 0.15) is 12.3 Å². The normalized spacial score (nSPS) is 27.1. The fourth-order valence-electron chi connectivity index (χ4n) is 0.336. The Kier molecular flexibility index (Phi) is 1.04. The zero-order valence-electron chi connectivity index (χ0n) is 3.59. The molecule has 0 aliphatic carbocycles. The molecule has 4 nitrogen and oxygen atoms in total. The molecule has 2 N–H and O–H groups in total. The molecule has 1 heterocycles. The topological polar surface area (TPSA) is 53.5 Å². The molecule has 0 aromatic heterocycles. The van der Waals surface area contributed by atoms with Crippen LogP contribution in [0.25, 0.3) is 0 Å². The van der Waals surface area contributed by atoms with E-state index in [2.05, 4.69) is 16.1 Å². The minimum atomic E-state index is -0.236. The van der Waals surface area contributed by atoms with Gasteiger partial charge in [-0.1, -0.05) is 0 Å². The number of aldehydes is 1. The van der Waals surface area contributed by atoms with Crippen LogP contribution >= 0.6 is 0 Å². The number of rotatable bonds is 1. The molecule has 0 aromatic carbocycles. The largest absolute Gasteiger partial charge is 0.301 e. The van der Waals surface area contributed by atoms with Crippen LogP contribution in [-0.2, 0) is 4.79 Å². The molecule has 4 heteroatoms. The van der Waals surface area contributed by atoms with Crippen LogP contribution in [-0.4, -0.2) is 18.5 Å². The van der Waals surface area contributed by atoms with E-state index >= 15 is 0 Å². The third-order valence-electron chi connectivity index (χ3n) is 0.678. The summed E-state index contributed by atoms with van der Waals surface area (Å²) in [6, 6.07) is -0.236. The highest BCUT2D eigenvalue weighted by Gasteiger charge is 2.04. The van der Waals surface area contributed by atoms with E-state index in [4.69, 9.17) is 0 Å². The van der Waals surface area contributed by atoms with Crippen LogP contribution in [0.4, 0.5) is 0 Å². The number of hydrazine groups is 1. The first-order valence-corrected chi connectivity index (χ1v) is 1.92. The fourth-order valence-corrected chi connectivity index (χ4v) is 0.336. The molecule has 0 aromatic rings. The number of hydrazone groups is 1. The van der Waals surface area contributed by atoms with E-state index in [1.165, 1.54) is 6.21 Å². The third kappa shape index (κ3) is 0.747. The van der Waals surface area contributed by atoms with Gasteiger partial charge < -0.3 is 4.79 Å². The van der Waals surface area contributed by atoms with Crippen LogP contribution in [0.3, 0.4) is 0 Å². The van der Waals surface area contributed by atoms with E-state index in [9.17, 15) is 4.79 Å².